The van der Waals surface area contributed by atoms with E-state index in [9.17, 15) is 28.8 Å². The Hall–Kier alpha value is -5.50. The first kappa shape index (κ1) is 34.5. The number of urea groups is 3. The van der Waals surface area contributed by atoms with Crippen LogP contribution in [0.15, 0.2) is 72.8 Å². The van der Waals surface area contributed by atoms with Crippen LogP contribution in [0.2, 0.25) is 0 Å². The van der Waals surface area contributed by atoms with Crippen molar-refractivity contribution >= 4 is 53.1 Å². The molecule has 15 nitrogen and oxygen atoms in total. The van der Waals surface area contributed by atoms with Gasteiger partial charge in [-0.1, -0.05) is 36.4 Å². The smallest absolute Gasteiger partial charge is 0.337 e. The van der Waals surface area contributed by atoms with E-state index in [-0.39, 0.29) is 53.2 Å². The molecule has 0 atom stereocenters. The number of carbonyl (C=O) groups excluding carboxylic acids is 3. The second-order valence-corrected chi connectivity index (χ2v) is 7.02. The second kappa shape index (κ2) is 17.1. The molecule has 0 spiro atoms. The van der Waals surface area contributed by atoms with Gasteiger partial charge in [0.1, 0.15) is 0 Å². The molecule has 3 rings (SSSR count). The molecule has 16 heteroatoms. The van der Waals surface area contributed by atoms with E-state index in [0.717, 1.165) is 0 Å². The van der Waals surface area contributed by atoms with Crippen molar-refractivity contribution in [2.75, 3.05) is 16.0 Å². The van der Waals surface area contributed by atoms with E-state index < -0.39 is 36.0 Å². The van der Waals surface area contributed by atoms with E-state index in [1.807, 2.05) is 0 Å². The predicted octanol–water partition coefficient (Wildman–Crippen LogP) is 2.62. The number of carbonyl (C=O) groups is 6. The van der Waals surface area contributed by atoms with Gasteiger partial charge in [0.15, 0.2) is 0 Å². The van der Waals surface area contributed by atoms with Crippen LogP contribution in [-0.4, -0.2) is 51.3 Å². The molecule has 0 saturated heterocycles. The number of aromatic carboxylic acids is 3. The van der Waals surface area contributed by atoms with Crippen molar-refractivity contribution < 1.29 is 63.6 Å². The number of anilines is 3. The summed E-state index contributed by atoms with van der Waals surface area (Å²) in [7, 11) is 0. The molecule has 12 N–H and O–H groups in total. The van der Waals surface area contributed by atoms with Crippen molar-refractivity contribution in [1.29, 1.82) is 0 Å². The van der Waals surface area contributed by atoms with Gasteiger partial charge < -0.3 is 48.5 Å². The fourth-order valence-electron chi connectivity index (χ4n) is 2.73. The summed E-state index contributed by atoms with van der Waals surface area (Å²) in [6, 6.07) is 15.7. The van der Waals surface area contributed by atoms with Crippen molar-refractivity contribution in [3.63, 3.8) is 0 Å². The van der Waals surface area contributed by atoms with Crippen LogP contribution in [0.1, 0.15) is 31.1 Å². The average molecular weight is 643 g/mol. The van der Waals surface area contributed by atoms with Crippen molar-refractivity contribution in [1.82, 2.24) is 0 Å². The van der Waals surface area contributed by atoms with Crippen molar-refractivity contribution in [3.8, 4) is 0 Å². The van der Waals surface area contributed by atoms with Crippen LogP contribution in [0, 0.1) is 0 Å². The molecule has 0 saturated carbocycles. The molecule has 0 unspecified atom stereocenters. The van der Waals surface area contributed by atoms with E-state index >= 15 is 0 Å². The molecular weight excluding hydrogens is 619 g/mol. The number of rotatable bonds is 6. The van der Waals surface area contributed by atoms with Crippen LogP contribution in [0.5, 0.6) is 0 Å². The van der Waals surface area contributed by atoms with Crippen molar-refractivity contribution in [3.05, 3.63) is 89.5 Å². The fourth-order valence-corrected chi connectivity index (χ4v) is 2.73. The van der Waals surface area contributed by atoms with Crippen LogP contribution in [-0.2, 0) is 19.5 Å². The number of carboxylic acid groups (broad SMARTS) is 3. The first-order valence-corrected chi connectivity index (χ1v) is 10.5. The number of primary amides is 3. The average Bonchev–Trinajstić information content (AvgIpc) is 2.84. The van der Waals surface area contributed by atoms with Gasteiger partial charge in [-0.05, 0) is 36.4 Å². The van der Waals surface area contributed by atoms with Crippen molar-refractivity contribution in [2.24, 2.45) is 17.2 Å². The van der Waals surface area contributed by atoms with Crippen molar-refractivity contribution in [2.45, 2.75) is 0 Å². The molecular formula is C24H24N6O9Rh. The molecule has 3 aromatic carbocycles. The molecule has 1 radical (unpaired) electrons. The minimum atomic E-state index is -1.11. The topological polar surface area (TPSA) is 277 Å². The Labute approximate surface area is 239 Å². The van der Waals surface area contributed by atoms with Gasteiger partial charge in [0.25, 0.3) is 0 Å². The van der Waals surface area contributed by atoms with Gasteiger partial charge in [-0.25, -0.2) is 28.8 Å². The summed E-state index contributed by atoms with van der Waals surface area (Å²) in [6.07, 6.45) is 0. The Kier molecular flexibility index (Phi) is 14.7. The molecule has 3 aromatic rings. The van der Waals surface area contributed by atoms with E-state index in [0.29, 0.717) is 0 Å². The third-order valence-electron chi connectivity index (χ3n) is 4.25. The van der Waals surface area contributed by atoms with Gasteiger partial charge in [0.2, 0.25) is 0 Å². The Morgan fingerprint density at radius 1 is 0.450 bits per heavy atom. The van der Waals surface area contributed by atoms with Gasteiger partial charge in [-0.2, -0.15) is 0 Å². The number of para-hydroxylation sites is 3. The largest absolute Gasteiger partial charge is 0.478 e. The molecule has 213 valence electrons. The quantitative estimate of drug-likeness (QED) is 0.178. The molecule has 0 heterocycles. The van der Waals surface area contributed by atoms with E-state index in [2.05, 4.69) is 16.0 Å². The summed E-state index contributed by atoms with van der Waals surface area (Å²) in [6.45, 7) is 0. The van der Waals surface area contributed by atoms with Gasteiger partial charge in [0, 0.05) is 19.5 Å². The monoisotopic (exact) mass is 643 g/mol. The summed E-state index contributed by atoms with van der Waals surface area (Å²) in [5.41, 5.74) is 15.2. The third-order valence-corrected chi connectivity index (χ3v) is 4.25. The summed E-state index contributed by atoms with van der Waals surface area (Å²) in [4.78, 5) is 63.2. The molecule has 0 fully saturated rings. The maximum absolute atomic E-state index is 10.6. The zero-order valence-corrected chi connectivity index (χ0v) is 21.9. The van der Waals surface area contributed by atoms with E-state index in [1.54, 1.807) is 36.4 Å². The molecule has 0 bridgehead atoms. The summed E-state index contributed by atoms with van der Waals surface area (Å²) < 4.78 is 0. The fraction of sp³-hybridized carbons (Fsp3) is 0. The van der Waals surface area contributed by atoms with Gasteiger partial charge in [-0.15, -0.1) is 0 Å². The number of nitrogens with two attached hydrogens (primary N) is 3. The maximum atomic E-state index is 10.6. The number of benzene rings is 3. The van der Waals surface area contributed by atoms with Crippen LogP contribution >= 0.6 is 0 Å². The number of nitrogens with one attached hydrogen (secondary N) is 3. The van der Waals surface area contributed by atoms with Gasteiger partial charge in [-0.3, -0.25) is 0 Å². The van der Waals surface area contributed by atoms with Crippen LogP contribution in [0.4, 0.5) is 31.4 Å². The van der Waals surface area contributed by atoms with Crippen LogP contribution in [0.3, 0.4) is 0 Å². The summed E-state index contributed by atoms with van der Waals surface area (Å²) >= 11 is 0. The SMILES string of the molecule is NC(=O)Nc1ccccc1C(=O)O.NC(=O)Nc1ccccc1C(=O)O.NC(=O)Nc1ccccc1C(=O)O.[Rh]. The number of hydrogen-bond donors (Lipinski definition) is 9. The van der Waals surface area contributed by atoms with E-state index in [4.69, 9.17) is 32.5 Å². The normalized spacial score (nSPS) is 9.00. The summed E-state index contributed by atoms with van der Waals surface area (Å²) in [5, 5.41) is 32.7. The Balaban J connectivity index is 0.000000563. The minimum Gasteiger partial charge on any atom is -0.478 e. The zero-order chi connectivity index (χ0) is 29.5. The Morgan fingerprint density at radius 2 is 0.650 bits per heavy atom. The Morgan fingerprint density at radius 3 is 0.825 bits per heavy atom. The third kappa shape index (κ3) is 12.2. The molecule has 0 aliphatic carbocycles. The molecule has 0 aliphatic rings. The minimum absolute atomic E-state index is 0. The Bertz CT molecular complexity index is 1220. The van der Waals surface area contributed by atoms with Gasteiger partial charge >= 0.3 is 36.0 Å². The standard InChI is InChI=1S/3C8H8N2O3.Rh/c3*9-8(13)10-6-4-2-1-3-5(6)7(11)12;/h3*1-4H,(H,11,12)(H3,9,10,13);. The number of carboxylic acids is 3. The van der Waals surface area contributed by atoms with Crippen LogP contribution in [0.25, 0.3) is 0 Å². The van der Waals surface area contributed by atoms with Gasteiger partial charge in [0.05, 0.1) is 33.8 Å². The predicted molar refractivity (Wildman–Crippen MR) is 140 cm³/mol. The van der Waals surface area contributed by atoms with E-state index in [1.165, 1.54) is 36.4 Å². The molecule has 40 heavy (non-hydrogen) atoms. The summed E-state index contributed by atoms with van der Waals surface area (Å²) in [5.74, 6) is -3.32. The second-order valence-electron chi connectivity index (χ2n) is 7.02. The maximum Gasteiger partial charge on any atom is 0.337 e. The number of amides is 6. The first-order chi connectivity index (χ1) is 18.3. The molecule has 0 aliphatic heterocycles. The number of hydrogen-bond acceptors (Lipinski definition) is 6. The zero-order valence-electron chi connectivity index (χ0n) is 20.3. The molecule has 0 aromatic heterocycles. The molecule has 6 amide bonds. The van der Waals surface area contributed by atoms with Crippen LogP contribution < -0.4 is 33.2 Å². The first-order valence-electron chi connectivity index (χ1n) is 10.5.